The normalized spacial score (nSPS) is 15.5. The van der Waals surface area contributed by atoms with E-state index in [9.17, 15) is 9.59 Å². The first-order valence-corrected chi connectivity index (χ1v) is 9.43. The number of fused-ring (bicyclic) bond motifs is 1. The Kier molecular flexibility index (Phi) is 6.14. The Bertz CT molecular complexity index is 863. The second-order valence-corrected chi connectivity index (χ2v) is 7.18. The fraction of sp³-hybridized carbons (Fsp3) is 0.304. The maximum Gasteiger partial charge on any atom is 0.246 e. The summed E-state index contributed by atoms with van der Waals surface area (Å²) in [6, 6.07) is 16.2. The fourth-order valence-corrected chi connectivity index (χ4v) is 3.41. The summed E-state index contributed by atoms with van der Waals surface area (Å²) in [5, 5.41) is 0. The summed E-state index contributed by atoms with van der Waals surface area (Å²) in [6.07, 6.45) is 2.01. The fourth-order valence-electron chi connectivity index (χ4n) is 3.41. The van der Waals surface area contributed by atoms with Gasteiger partial charge in [-0.05, 0) is 48.2 Å². The van der Waals surface area contributed by atoms with E-state index in [1.165, 1.54) is 16.5 Å². The summed E-state index contributed by atoms with van der Waals surface area (Å²) < 4.78 is 5.92. The van der Waals surface area contributed by atoms with Gasteiger partial charge in [-0.15, -0.1) is 0 Å². The zero-order valence-corrected chi connectivity index (χ0v) is 16.4. The van der Waals surface area contributed by atoms with E-state index in [0.29, 0.717) is 13.2 Å². The van der Waals surface area contributed by atoms with Crippen LogP contribution in [0.5, 0.6) is 5.75 Å². The predicted molar refractivity (Wildman–Crippen MR) is 109 cm³/mol. The zero-order valence-electron chi connectivity index (χ0n) is 16.4. The molecule has 1 heterocycles. The largest absolute Gasteiger partial charge is 0.489 e. The van der Waals surface area contributed by atoms with Gasteiger partial charge >= 0.3 is 0 Å². The van der Waals surface area contributed by atoms with Crippen LogP contribution >= 0.6 is 0 Å². The third-order valence-electron chi connectivity index (χ3n) is 5.06. The highest BCUT2D eigenvalue weighted by atomic mass is 16.5. The van der Waals surface area contributed by atoms with Crippen molar-refractivity contribution in [2.24, 2.45) is 0 Å². The first-order chi connectivity index (χ1) is 13.5. The Hall–Kier alpha value is -3.08. The van der Waals surface area contributed by atoms with Gasteiger partial charge in [0.25, 0.3) is 0 Å². The van der Waals surface area contributed by atoms with Crippen molar-refractivity contribution in [1.29, 1.82) is 0 Å². The molecule has 146 valence electrons. The second-order valence-electron chi connectivity index (χ2n) is 7.18. The summed E-state index contributed by atoms with van der Waals surface area (Å²) in [5.74, 6) is 0.477. The minimum Gasteiger partial charge on any atom is -0.489 e. The van der Waals surface area contributed by atoms with Crippen molar-refractivity contribution in [3.63, 3.8) is 0 Å². The second kappa shape index (κ2) is 8.74. The molecule has 0 radical (unpaired) electrons. The number of ether oxygens (including phenoxy) is 1. The summed E-state index contributed by atoms with van der Waals surface area (Å²) in [5.41, 5.74) is 3.44. The molecule has 1 unspecified atom stereocenters. The average Bonchev–Trinajstić information content (AvgIpc) is 2.71. The van der Waals surface area contributed by atoms with E-state index < -0.39 is 0 Å². The Morgan fingerprint density at radius 2 is 1.96 bits per heavy atom. The van der Waals surface area contributed by atoms with Crippen molar-refractivity contribution < 1.29 is 14.3 Å². The van der Waals surface area contributed by atoms with Crippen LogP contribution in [0.2, 0.25) is 0 Å². The van der Waals surface area contributed by atoms with Gasteiger partial charge in [0.2, 0.25) is 11.8 Å². The molecule has 2 aromatic carbocycles. The molecule has 2 aromatic rings. The van der Waals surface area contributed by atoms with Gasteiger partial charge in [-0.2, -0.15) is 0 Å². The standard InChI is InChI=1S/C23H26N2O3/c1-4-22(26)24(3)15-23(27)25-14-20-13-21(11-10-19(20)12-17(25)2)28-16-18-8-6-5-7-9-18/h4-11,13,17H,1,12,14-16H2,2-3H3. The quantitative estimate of drug-likeness (QED) is 0.726. The first kappa shape index (κ1) is 19.7. The van der Waals surface area contributed by atoms with Crippen LogP contribution in [0.25, 0.3) is 0 Å². The smallest absolute Gasteiger partial charge is 0.246 e. The molecule has 3 rings (SSSR count). The zero-order chi connectivity index (χ0) is 20.1. The van der Waals surface area contributed by atoms with Crippen LogP contribution in [0.15, 0.2) is 61.2 Å². The number of benzene rings is 2. The highest BCUT2D eigenvalue weighted by molar-refractivity contribution is 5.90. The van der Waals surface area contributed by atoms with Gasteiger partial charge in [-0.25, -0.2) is 0 Å². The van der Waals surface area contributed by atoms with Gasteiger partial charge < -0.3 is 14.5 Å². The number of nitrogens with zero attached hydrogens (tertiary/aromatic N) is 2. The summed E-state index contributed by atoms with van der Waals surface area (Å²) in [6.45, 7) is 6.58. The van der Waals surface area contributed by atoms with Crippen molar-refractivity contribution in [3.05, 3.63) is 77.9 Å². The number of rotatable bonds is 6. The molecular formula is C23H26N2O3. The van der Waals surface area contributed by atoms with Crippen LogP contribution in [-0.2, 0) is 29.2 Å². The van der Waals surface area contributed by atoms with Gasteiger partial charge in [-0.3, -0.25) is 9.59 Å². The summed E-state index contributed by atoms with van der Waals surface area (Å²) >= 11 is 0. The molecule has 0 aliphatic carbocycles. The number of carbonyl (C=O) groups is 2. The lowest BCUT2D eigenvalue weighted by atomic mass is 9.94. The highest BCUT2D eigenvalue weighted by Crippen LogP contribution is 2.27. The maximum atomic E-state index is 12.7. The third kappa shape index (κ3) is 4.60. The Balaban J connectivity index is 1.68. The number of hydrogen-bond acceptors (Lipinski definition) is 3. The van der Waals surface area contributed by atoms with Gasteiger partial charge in [-0.1, -0.05) is 43.0 Å². The highest BCUT2D eigenvalue weighted by Gasteiger charge is 2.28. The SMILES string of the molecule is C=CC(=O)N(C)CC(=O)N1Cc2cc(OCc3ccccc3)ccc2CC1C. The molecule has 2 amide bonds. The van der Waals surface area contributed by atoms with Gasteiger partial charge in [0.05, 0.1) is 6.54 Å². The number of carbonyl (C=O) groups excluding carboxylic acids is 2. The van der Waals surface area contributed by atoms with Gasteiger partial charge in [0.15, 0.2) is 0 Å². The predicted octanol–water partition coefficient (Wildman–Crippen LogP) is 3.18. The van der Waals surface area contributed by atoms with Crippen LogP contribution in [-0.4, -0.2) is 41.2 Å². The van der Waals surface area contributed by atoms with Crippen LogP contribution < -0.4 is 4.74 Å². The van der Waals surface area contributed by atoms with Gasteiger partial charge in [0, 0.05) is 19.6 Å². The lowest BCUT2D eigenvalue weighted by Crippen LogP contribution is -2.47. The molecule has 0 aromatic heterocycles. The van der Waals surface area contributed by atoms with E-state index >= 15 is 0 Å². The maximum absolute atomic E-state index is 12.7. The van der Waals surface area contributed by atoms with E-state index in [2.05, 4.69) is 12.6 Å². The lowest BCUT2D eigenvalue weighted by molar-refractivity contribution is -0.139. The minimum atomic E-state index is -0.255. The summed E-state index contributed by atoms with van der Waals surface area (Å²) in [7, 11) is 1.61. The average molecular weight is 378 g/mol. The monoisotopic (exact) mass is 378 g/mol. The molecule has 0 spiro atoms. The Labute approximate surface area is 166 Å². The van der Waals surface area contributed by atoms with Crippen LogP contribution in [0, 0.1) is 0 Å². The molecule has 0 fully saturated rings. The first-order valence-electron chi connectivity index (χ1n) is 9.43. The number of hydrogen-bond donors (Lipinski definition) is 0. The Morgan fingerprint density at radius 3 is 2.68 bits per heavy atom. The number of likely N-dealkylation sites (N-methyl/N-ethyl adjacent to an activating group) is 1. The molecule has 0 saturated heterocycles. The van der Waals surface area contributed by atoms with E-state index in [0.717, 1.165) is 23.3 Å². The molecule has 0 saturated carbocycles. The molecule has 1 aliphatic heterocycles. The topological polar surface area (TPSA) is 49.9 Å². The van der Waals surface area contributed by atoms with Crippen molar-refractivity contribution in [2.45, 2.75) is 32.5 Å². The van der Waals surface area contributed by atoms with Crippen molar-refractivity contribution in [1.82, 2.24) is 9.80 Å². The van der Waals surface area contributed by atoms with Crippen molar-refractivity contribution >= 4 is 11.8 Å². The van der Waals surface area contributed by atoms with Gasteiger partial charge in [0.1, 0.15) is 12.4 Å². The molecule has 5 heteroatoms. The van der Waals surface area contributed by atoms with Crippen LogP contribution in [0.1, 0.15) is 23.6 Å². The van der Waals surface area contributed by atoms with E-state index in [1.807, 2.05) is 54.3 Å². The molecule has 1 atom stereocenters. The van der Waals surface area contributed by atoms with Crippen molar-refractivity contribution in [3.8, 4) is 5.75 Å². The molecular weight excluding hydrogens is 352 g/mol. The molecule has 28 heavy (non-hydrogen) atoms. The van der Waals surface area contributed by atoms with Crippen LogP contribution in [0.3, 0.4) is 0 Å². The van der Waals surface area contributed by atoms with E-state index in [-0.39, 0.29) is 24.4 Å². The molecule has 0 bridgehead atoms. The summed E-state index contributed by atoms with van der Waals surface area (Å²) in [4.78, 5) is 27.6. The molecule has 1 aliphatic rings. The third-order valence-corrected chi connectivity index (χ3v) is 5.06. The lowest BCUT2D eigenvalue weighted by Gasteiger charge is -2.36. The van der Waals surface area contributed by atoms with Crippen molar-refractivity contribution in [2.75, 3.05) is 13.6 Å². The van der Waals surface area contributed by atoms with Crippen LogP contribution in [0.4, 0.5) is 0 Å². The van der Waals surface area contributed by atoms with E-state index in [1.54, 1.807) is 7.05 Å². The number of amides is 2. The molecule has 5 nitrogen and oxygen atoms in total. The molecule has 0 N–H and O–H groups in total. The van der Waals surface area contributed by atoms with E-state index in [4.69, 9.17) is 4.74 Å². The minimum absolute atomic E-state index is 0.0503. The Morgan fingerprint density at radius 1 is 1.21 bits per heavy atom.